The van der Waals surface area contributed by atoms with Gasteiger partial charge < -0.3 is 4.90 Å². The van der Waals surface area contributed by atoms with Crippen molar-refractivity contribution in [3.8, 4) is 0 Å². The fraction of sp³-hybridized carbons (Fsp3) is 0.846. The average molecular weight is 302 g/mol. The molecule has 0 N–H and O–H groups in total. The van der Waals surface area contributed by atoms with Crippen molar-refractivity contribution in [2.75, 3.05) is 14.1 Å². The number of rotatable bonds is 1. The summed E-state index contributed by atoms with van der Waals surface area (Å²) in [7, 11) is 3.54. The number of ketones is 1. The van der Waals surface area contributed by atoms with E-state index in [1.165, 1.54) is 0 Å². The molecule has 2 rings (SSSR count). The molecule has 2 aliphatic carbocycles. The molecule has 17 heavy (non-hydrogen) atoms. The lowest BCUT2D eigenvalue weighted by Crippen LogP contribution is -2.50. The predicted molar refractivity (Wildman–Crippen MR) is 70.0 cm³/mol. The van der Waals surface area contributed by atoms with Gasteiger partial charge in [0.05, 0.1) is 10.2 Å². The molecule has 2 fully saturated rings. The molecule has 96 valence electrons. The summed E-state index contributed by atoms with van der Waals surface area (Å²) < 4.78 is 0. The zero-order valence-corrected chi connectivity index (χ0v) is 12.7. The van der Waals surface area contributed by atoms with E-state index in [-0.39, 0.29) is 27.3 Å². The van der Waals surface area contributed by atoms with E-state index in [9.17, 15) is 9.59 Å². The standard InChI is InChI=1S/C13H20BrNO2/c1-11(2)12(3)6-7-13(11,8(14)9(12)16)10(17)15(4)5/h8H,6-7H2,1-5H3/t8-,12+,13-/m0/s1. The van der Waals surface area contributed by atoms with E-state index in [4.69, 9.17) is 0 Å². The number of Topliss-reactive ketones (excluding diaryl/α,β-unsaturated/α-hetero) is 1. The van der Waals surface area contributed by atoms with Crippen molar-refractivity contribution in [2.24, 2.45) is 16.2 Å². The van der Waals surface area contributed by atoms with Crippen molar-refractivity contribution in [2.45, 2.75) is 38.4 Å². The van der Waals surface area contributed by atoms with Gasteiger partial charge in [0, 0.05) is 19.5 Å². The van der Waals surface area contributed by atoms with Crippen LogP contribution in [-0.4, -0.2) is 35.5 Å². The Morgan fingerprint density at radius 3 is 2.18 bits per heavy atom. The lowest BCUT2D eigenvalue weighted by Gasteiger charge is -2.41. The van der Waals surface area contributed by atoms with Crippen LogP contribution in [0, 0.1) is 16.2 Å². The van der Waals surface area contributed by atoms with Crippen LogP contribution in [0.4, 0.5) is 0 Å². The third kappa shape index (κ3) is 1.13. The topological polar surface area (TPSA) is 37.4 Å². The zero-order valence-electron chi connectivity index (χ0n) is 11.1. The number of carbonyl (C=O) groups is 2. The van der Waals surface area contributed by atoms with Gasteiger partial charge in [0.2, 0.25) is 5.91 Å². The van der Waals surface area contributed by atoms with Gasteiger partial charge in [0.1, 0.15) is 0 Å². The van der Waals surface area contributed by atoms with Gasteiger partial charge in [0.25, 0.3) is 0 Å². The minimum atomic E-state index is -0.567. The Morgan fingerprint density at radius 1 is 1.29 bits per heavy atom. The van der Waals surface area contributed by atoms with E-state index >= 15 is 0 Å². The number of alkyl halides is 1. The second-order valence-corrected chi connectivity index (χ2v) is 7.27. The lowest BCUT2D eigenvalue weighted by atomic mass is 9.64. The summed E-state index contributed by atoms with van der Waals surface area (Å²) in [6.07, 6.45) is 1.62. The van der Waals surface area contributed by atoms with Gasteiger partial charge in [-0.3, -0.25) is 9.59 Å². The predicted octanol–water partition coefficient (Wildman–Crippen LogP) is 2.23. The van der Waals surface area contributed by atoms with E-state index in [1.807, 2.05) is 6.92 Å². The molecule has 0 unspecified atom stereocenters. The third-order valence-corrected chi connectivity index (χ3v) is 6.71. The van der Waals surface area contributed by atoms with Gasteiger partial charge in [-0.15, -0.1) is 0 Å². The summed E-state index contributed by atoms with van der Waals surface area (Å²) in [5.74, 6) is 0.280. The molecule has 3 nitrogen and oxygen atoms in total. The monoisotopic (exact) mass is 301 g/mol. The van der Waals surface area contributed by atoms with Crippen LogP contribution in [0.15, 0.2) is 0 Å². The summed E-state index contributed by atoms with van der Waals surface area (Å²) in [6.45, 7) is 6.16. The maximum Gasteiger partial charge on any atom is 0.230 e. The second kappa shape index (κ2) is 3.34. The maximum atomic E-state index is 12.6. The number of hydrogen-bond acceptors (Lipinski definition) is 2. The largest absolute Gasteiger partial charge is 0.348 e. The number of nitrogens with zero attached hydrogens (tertiary/aromatic N) is 1. The minimum absolute atomic E-state index is 0.0824. The van der Waals surface area contributed by atoms with E-state index in [0.29, 0.717) is 0 Å². The minimum Gasteiger partial charge on any atom is -0.348 e. The van der Waals surface area contributed by atoms with Gasteiger partial charge >= 0.3 is 0 Å². The van der Waals surface area contributed by atoms with Crippen molar-refractivity contribution >= 4 is 27.6 Å². The summed E-state index contributed by atoms with van der Waals surface area (Å²) in [4.78, 5) is 26.3. The number of fused-ring (bicyclic) bond motifs is 2. The Morgan fingerprint density at radius 2 is 1.82 bits per heavy atom. The highest BCUT2D eigenvalue weighted by Crippen LogP contribution is 2.72. The van der Waals surface area contributed by atoms with Crippen LogP contribution in [0.3, 0.4) is 0 Å². The molecule has 4 heteroatoms. The zero-order chi connectivity index (χ0) is 13.2. The third-order valence-electron chi connectivity index (χ3n) is 5.51. The number of hydrogen-bond donors (Lipinski definition) is 0. The van der Waals surface area contributed by atoms with Crippen LogP contribution in [0.5, 0.6) is 0 Å². The van der Waals surface area contributed by atoms with Crippen LogP contribution < -0.4 is 0 Å². The molecule has 0 radical (unpaired) electrons. The van der Waals surface area contributed by atoms with Crippen LogP contribution in [0.2, 0.25) is 0 Å². The van der Waals surface area contributed by atoms with Crippen LogP contribution in [-0.2, 0) is 9.59 Å². The molecule has 0 aromatic rings. The molecule has 0 spiro atoms. The highest BCUT2D eigenvalue weighted by atomic mass is 79.9. The highest BCUT2D eigenvalue weighted by molar-refractivity contribution is 9.10. The number of carbonyl (C=O) groups excluding carboxylic acids is 2. The molecular weight excluding hydrogens is 282 g/mol. The van der Waals surface area contributed by atoms with Gasteiger partial charge in [0.15, 0.2) is 5.78 Å². The molecule has 2 aliphatic rings. The second-order valence-electron chi connectivity index (χ2n) is 6.35. The van der Waals surface area contributed by atoms with E-state index in [2.05, 4.69) is 29.8 Å². The molecule has 0 aliphatic heterocycles. The van der Waals surface area contributed by atoms with E-state index in [1.54, 1.807) is 19.0 Å². The van der Waals surface area contributed by atoms with Crippen molar-refractivity contribution in [1.29, 1.82) is 0 Å². The van der Waals surface area contributed by atoms with Crippen LogP contribution in [0.1, 0.15) is 33.6 Å². The molecule has 0 saturated heterocycles. The van der Waals surface area contributed by atoms with Crippen molar-refractivity contribution in [3.63, 3.8) is 0 Å². The summed E-state index contributed by atoms with van der Waals surface area (Å²) in [5.41, 5.74) is -1.22. The highest BCUT2D eigenvalue weighted by Gasteiger charge is 2.76. The smallest absolute Gasteiger partial charge is 0.230 e. The summed E-state index contributed by atoms with van der Waals surface area (Å²) >= 11 is 3.50. The SMILES string of the molecule is CN(C)C(=O)[C@]12CC[C@](C)(C(=O)[C@@H]1Br)C2(C)C. The van der Waals surface area contributed by atoms with Gasteiger partial charge in [-0.1, -0.05) is 36.7 Å². The molecule has 1 amide bonds. The molecular formula is C13H20BrNO2. The molecule has 3 atom stereocenters. The number of halogens is 1. The molecule has 2 saturated carbocycles. The van der Waals surface area contributed by atoms with E-state index in [0.717, 1.165) is 12.8 Å². The average Bonchev–Trinajstić information content (AvgIpc) is 2.50. The quantitative estimate of drug-likeness (QED) is 0.697. The van der Waals surface area contributed by atoms with Crippen LogP contribution >= 0.6 is 15.9 Å². The Kier molecular flexibility index (Phi) is 2.57. The van der Waals surface area contributed by atoms with Gasteiger partial charge in [-0.05, 0) is 18.3 Å². The van der Waals surface area contributed by atoms with Crippen LogP contribution in [0.25, 0.3) is 0 Å². The van der Waals surface area contributed by atoms with E-state index < -0.39 is 5.41 Å². The molecule has 0 aromatic heterocycles. The first kappa shape index (κ1) is 13.1. The Bertz CT molecular complexity index is 404. The van der Waals surface area contributed by atoms with Gasteiger partial charge in [-0.2, -0.15) is 0 Å². The van der Waals surface area contributed by atoms with Crippen molar-refractivity contribution in [3.05, 3.63) is 0 Å². The first-order chi connectivity index (χ1) is 7.63. The Hall–Kier alpha value is -0.380. The Labute approximate surface area is 111 Å². The van der Waals surface area contributed by atoms with Crippen molar-refractivity contribution < 1.29 is 9.59 Å². The first-order valence-electron chi connectivity index (χ1n) is 6.03. The fourth-order valence-corrected chi connectivity index (χ4v) is 5.33. The normalized spacial score (nSPS) is 42.9. The number of amides is 1. The fourth-order valence-electron chi connectivity index (χ4n) is 3.82. The van der Waals surface area contributed by atoms with Crippen molar-refractivity contribution in [1.82, 2.24) is 4.90 Å². The summed E-state index contributed by atoms with van der Waals surface area (Å²) in [6, 6.07) is 0. The maximum absolute atomic E-state index is 12.6. The van der Waals surface area contributed by atoms with Gasteiger partial charge in [-0.25, -0.2) is 0 Å². The molecule has 2 bridgehead atoms. The molecule has 0 heterocycles. The lowest BCUT2D eigenvalue weighted by molar-refractivity contribution is -0.144. The Balaban J connectivity index is 2.62. The summed E-state index contributed by atoms with van der Waals surface area (Å²) in [5, 5.41) is 0. The first-order valence-corrected chi connectivity index (χ1v) is 6.94. The molecule has 0 aromatic carbocycles.